The summed E-state index contributed by atoms with van der Waals surface area (Å²) in [5.41, 5.74) is 0. The standard InChI is InChI=1S/C11H20N2O/c1-10-6-5-9-13(10)11(14)12-7-3-2-4-8-12/h10H,2-9H2,1H3. The van der Waals surface area contributed by atoms with Gasteiger partial charge in [0.25, 0.3) is 0 Å². The first kappa shape index (κ1) is 9.81. The third-order valence-corrected chi connectivity index (χ3v) is 3.43. The highest BCUT2D eigenvalue weighted by molar-refractivity contribution is 5.75. The van der Waals surface area contributed by atoms with Crippen LogP contribution in [0.3, 0.4) is 0 Å². The number of carbonyl (C=O) groups is 1. The molecule has 0 aromatic heterocycles. The molecule has 1 atom stereocenters. The second-order valence-electron chi connectivity index (χ2n) is 4.51. The van der Waals surface area contributed by atoms with E-state index in [1.807, 2.05) is 9.80 Å². The minimum Gasteiger partial charge on any atom is -0.325 e. The number of likely N-dealkylation sites (tertiary alicyclic amines) is 2. The van der Waals surface area contributed by atoms with Crippen LogP contribution in [0.2, 0.25) is 0 Å². The monoisotopic (exact) mass is 196 g/mol. The Morgan fingerprint density at radius 2 is 1.79 bits per heavy atom. The molecule has 2 aliphatic heterocycles. The van der Waals surface area contributed by atoms with E-state index >= 15 is 0 Å². The molecule has 0 spiro atoms. The average Bonchev–Trinajstić information content (AvgIpc) is 2.65. The zero-order valence-corrected chi connectivity index (χ0v) is 9.04. The summed E-state index contributed by atoms with van der Waals surface area (Å²) in [6.45, 7) is 5.08. The van der Waals surface area contributed by atoms with Gasteiger partial charge in [-0.1, -0.05) is 0 Å². The predicted molar refractivity (Wildman–Crippen MR) is 56.2 cm³/mol. The first-order valence-electron chi connectivity index (χ1n) is 5.84. The normalized spacial score (nSPS) is 28.2. The molecule has 1 unspecified atom stereocenters. The van der Waals surface area contributed by atoms with Gasteiger partial charge in [-0.15, -0.1) is 0 Å². The lowest BCUT2D eigenvalue weighted by Crippen LogP contribution is -2.46. The minimum atomic E-state index is 0.287. The Bertz CT molecular complexity index is 211. The maximum Gasteiger partial charge on any atom is 0.320 e. The second kappa shape index (κ2) is 4.20. The van der Waals surface area contributed by atoms with Crippen LogP contribution in [-0.2, 0) is 0 Å². The highest BCUT2D eigenvalue weighted by Crippen LogP contribution is 2.20. The van der Waals surface area contributed by atoms with E-state index in [0.717, 1.165) is 19.6 Å². The van der Waals surface area contributed by atoms with Crippen LogP contribution in [-0.4, -0.2) is 41.5 Å². The van der Waals surface area contributed by atoms with Crippen molar-refractivity contribution >= 4 is 6.03 Å². The highest BCUT2D eigenvalue weighted by atomic mass is 16.2. The summed E-state index contributed by atoms with van der Waals surface area (Å²) >= 11 is 0. The molecule has 80 valence electrons. The van der Waals surface area contributed by atoms with Crippen molar-refractivity contribution in [2.24, 2.45) is 0 Å². The van der Waals surface area contributed by atoms with Gasteiger partial charge in [-0.05, 0) is 39.0 Å². The lowest BCUT2D eigenvalue weighted by molar-refractivity contribution is 0.141. The Hall–Kier alpha value is -0.730. The zero-order chi connectivity index (χ0) is 9.97. The van der Waals surface area contributed by atoms with Crippen LogP contribution in [0, 0.1) is 0 Å². The number of nitrogens with zero attached hydrogens (tertiary/aromatic N) is 2. The van der Waals surface area contributed by atoms with Gasteiger partial charge in [-0.2, -0.15) is 0 Å². The molecule has 0 bridgehead atoms. The summed E-state index contributed by atoms with van der Waals surface area (Å²) in [4.78, 5) is 16.1. The highest BCUT2D eigenvalue weighted by Gasteiger charge is 2.29. The van der Waals surface area contributed by atoms with E-state index in [-0.39, 0.29) is 6.03 Å². The largest absolute Gasteiger partial charge is 0.325 e. The van der Waals surface area contributed by atoms with Crippen LogP contribution in [0.1, 0.15) is 39.0 Å². The molecule has 0 saturated carbocycles. The molecule has 2 aliphatic rings. The zero-order valence-electron chi connectivity index (χ0n) is 9.04. The van der Waals surface area contributed by atoms with Crippen molar-refractivity contribution in [3.05, 3.63) is 0 Å². The first-order chi connectivity index (χ1) is 6.79. The average molecular weight is 196 g/mol. The van der Waals surface area contributed by atoms with E-state index in [0.29, 0.717) is 6.04 Å². The third kappa shape index (κ3) is 1.86. The Morgan fingerprint density at radius 1 is 1.07 bits per heavy atom. The van der Waals surface area contributed by atoms with Crippen molar-refractivity contribution in [2.75, 3.05) is 19.6 Å². The number of hydrogen-bond donors (Lipinski definition) is 0. The molecule has 2 fully saturated rings. The number of amides is 2. The number of carbonyl (C=O) groups excluding carboxylic acids is 1. The second-order valence-corrected chi connectivity index (χ2v) is 4.51. The van der Waals surface area contributed by atoms with Gasteiger partial charge in [0.1, 0.15) is 0 Å². The van der Waals surface area contributed by atoms with E-state index in [2.05, 4.69) is 6.92 Å². The molecular formula is C11H20N2O. The lowest BCUT2D eigenvalue weighted by Gasteiger charge is -2.32. The van der Waals surface area contributed by atoms with Crippen molar-refractivity contribution in [2.45, 2.75) is 45.1 Å². The summed E-state index contributed by atoms with van der Waals surface area (Å²) in [6.07, 6.45) is 6.03. The summed E-state index contributed by atoms with van der Waals surface area (Å²) < 4.78 is 0. The van der Waals surface area contributed by atoms with Gasteiger partial charge < -0.3 is 9.80 Å². The quantitative estimate of drug-likeness (QED) is 0.582. The van der Waals surface area contributed by atoms with Crippen LogP contribution in [0.4, 0.5) is 4.79 Å². The Morgan fingerprint density at radius 3 is 2.36 bits per heavy atom. The van der Waals surface area contributed by atoms with Crippen LogP contribution >= 0.6 is 0 Å². The molecule has 0 aromatic carbocycles. The number of rotatable bonds is 0. The summed E-state index contributed by atoms with van der Waals surface area (Å²) in [7, 11) is 0. The number of piperidine rings is 1. The molecule has 0 aliphatic carbocycles. The molecule has 3 nitrogen and oxygen atoms in total. The first-order valence-corrected chi connectivity index (χ1v) is 5.84. The minimum absolute atomic E-state index is 0.287. The van der Waals surface area contributed by atoms with Crippen LogP contribution in [0.25, 0.3) is 0 Å². The van der Waals surface area contributed by atoms with Gasteiger partial charge in [-0.3, -0.25) is 0 Å². The third-order valence-electron chi connectivity index (χ3n) is 3.43. The number of hydrogen-bond acceptors (Lipinski definition) is 1. The molecule has 2 saturated heterocycles. The Labute approximate surface area is 86.1 Å². The molecule has 2 amide bonds. The van der Waals surface area contributed by atoms with E-state index < -0.39 is 0 Å². The predicted octanol–water partition coefficient (Wildman–Crippen LogP) is 2.08. The van der Waals surface area contributed by atoms with Crippen LogP contribution in [0.5, 0.6) is 0 Å². The molecule has 2 heterocycles. The van der Waals surface area contributed by atoms with Crippen molar-refractivity contribution < 1.29 is 4.79 Å². The Balaban J connectivity index is 1.92. The van der Waals surface area contributed by atoms with Gasteiger partial charge in [0.05, 0.1) is 0 Å². The van der Waals surface area contributed by atoms with Gasteiger partial charge in [-0.25, -0.2) is 4.79 Å². The van der Waals surface area contributed by atoms with Gasteiger partial charge in [0.2, 0.25) is 0 Å². The molecule has 0 N–H and O–H groups in total. The fourth-order valence-electron chi connectivity index (χ4n) is 2.48. The number of urea groups is 1. The summed E-state index contributed by atoms with van der Waals surface area (Å²) in [6, 6.07) is 0.749. The fraction of sp³-hybridized carbons (Fsp3) is 0.909. The maximum absolute atomic E-state index is 12.1. The van der Waals surface area contributed by atoms with Crippen LogP contribution < -0.4 is 0 Å². The molecule has 3 heteroatoms. The van der Waals surface area contributed by atoms with Crippen molar-refractivity contribution in [1.29, 1.82) is 0 Å². The topological polar surface area (TPSA) is 23.6 Å². The van der Waals surface area contributed by atoms with E-state index in [1.165, 1.54) is 32.1 Å². The summed E-state index contributed by atoms with van der Waals surface area (Å²) in [5, 5.41) is 0. The van der Waals surface area contributed by atoms with Crippen LogP contribution in [0.15, 0.2) is 0 Å². The van der Waals surface area contributed by atoms with E-state index in [4.69, 9.17) is 0 Å². The maximum atomic E-state index is 12.1. The lowest BCUT2D eigenvalue weighted by atomic mass is 10.1. The SMILES string of the molecule is CC1CCCN1C(=O)N1CCCCC1. The molecular weight excluding hydrogens is 176 g/mol. The molecule has 0 aromatic rings. The van der Waals surface area contributed by atoms with E-state index in [9.17, 15) is 4.79 Å². The molecule has 2 rings (SSSR count). The van der Waals surface area contributed by atoms with Crippen molar-refractivity contribution in [3.8, 4) is 0 Å². The summed E-state index contributed by atoms with van der Waals surface area (Å²) in [5.74, 6) is 0. The molecule has 14 heavy (non-hydrogen) atoms. The van der Waals surface area contributed by atoms with Crippen molar-refractivity contribution in [1.82, 2.24) is 9.80 Å². The van der Waals surface area contributed by atoms with Gasteiger partial charge in [0.15, 0.2) is 0 Å². The molecule has 0 radical (unpaired) electrons. The van der Waals surface area contributed by atoms with Gasteiger partial charge in [0, 0.05) is 25.7 Å². The smallest absolute Gasteiger partial charge is 0.320 e. The van der Waals surface area contributed by atoms with Crippen molar-refractivity contribution in [3.63, 3.8) is 0 Å². The van der Waals surface area contributed by atoms with Gasteiger partial charge >= 0.3 is 6.03 Å². The van der Waals surface area contributed by atoms with E-state index in [1.54, 1.807) is 0 Å². The Kier molecular flexibility index (Phi) is 2.94. The fourth-order valence-corrected chi connectivity index (χ4v) is 2.48.